The van der Waals surface area contributed by atoms with Crippen LogP contribution in [0.5, 0.6) is 0 Å². The van der Waals surface area contributed by atoms with Gasteiger partial charge in [0.1, 0.15) is 0 Å². The van der Waals surface area contributed by atoms with Gasteiger partial charge >= 0.3 is 51.4 Å². The van der Waals surface area contributed by atoms with Crippen LogP contribution in [0.3, 0.4) is 0 Å². The van der Waals surface area contributed by atoms with Gasteiger partial charge in [-0.3, -0.25) is 0 Å². The summed E-state index contributed by atoms with van der Waals surface area (Å²) in [6.45, 7) is 8.83. The van der Waals surface area contributed by atoms with Gasteiger partial charge in [0, 0.05) is 18.4 Å². The van der Waals surface area contributed by atoms with E-state index in [1.54, 1.807) is 0 Å². The van der Waals surface area contributed by atoms with Crippen molar-refractivity contribution in [2.24, 2.45) is 0 Å². The fourth-order valence-electron chi connectivity index (χ4n) is 3.90. The number of hydrogen-bond donors (Lipinski definition) is 0. The first-order valence-electron chi connectivity index (χ1n) is 12.1. The Morgan fingerprint density at radius 2 is 1.07 bits per heavy atom. The van der Waals surface area contributed by atoms with E-state index in [4.69, 9.17) is 0 Å². The van der Waals surface area contributed by atoms with Gasteiger partial charge in [-0.05, 0) is 32.4 Å². The molecule has 0 aromatic carbocycles. The van der Waals surface area contributed by atoms with Gasteiger partial charge in [-0.2, -0.15) is 0 Å². The van der Waals surface area contributed by atoms with Crippen molar-refractivity contribution in [3.63, 3.8) is 0 Å². The zero-order valence-electron chi connectivity index (χ0n) is 19.8. The van der Waals surface area contributed by atoms with E-state index in [1.807, 2.05) is 0 Å². The van der Waals surface area contributed by atoms with Gasteiger partial charge in [0.25, 0.3) is 0 Å². The maximum atomic E-state index is 11.3. The maximum absolute atomic E-state index is 11.3. The molecule has 1 unspecified atom stereocenters. The predicted molar refractivity (Wildman–Crippen MR) is 116 cm³/mol. The summed E-state index contributed by atoms with van der Waals surface area (Å²) in [6.07, 6.45) is 20.3. The van der Waals surface area contributed by atoms with Crippen molar-refractivity contribution in [2.75, 3.05) is 13.1 Å². The third kappa shape index (κ3) is 20.3. The van der Waals surface area contributed by atoms with Crippen LogP contribution in [0.15, 0.2) is 0 Å². The molecule has 0 N–H and O–H groups in total. The van der Waals surface area contributed by atoms with Crippen molar-refractivity contribution in [3.05, 3.63) is 0 Å². The van der Waals surface area contributed by atoms with Crippen LogP contribution in [0.2, 0.25) is 0 Å². The van der Waals surface area contributed by atoms with E-state index in [9.17, 15) is 9.90 Å². The Morgan fingerprint density at radius 1 is 0.679 bits per heavy atom. The first-order valence-corrected chi connectivity index (χ1v) is 12.1. The van der Waals surface area contributed by atoms with Gasteiger partial charge in [0.2, 0.25) is 0 Å². The molecule has 0 aliphatic carbocycles. The molecule has 0 heterocycles. The molecule has 0 aliphatic heterocycles. The largest absolute Gasteiger partial charge is 1.00 e. The summed E-state index contributed by atoms with van der Waals surface area (Å²) in [5.41, 5.74) is 0. The van der Waals surface area contributed by atoms with Crippen molar-refractivity contribution in [2.45, 2.75) is 136 Å². The molecular formula is C24H48KNO2. The number of carboxylic acids is 1. The topological polar surface area (TPSA) is 43.4 Å². The third-order valence-corrected chi connectivity index (χ3v) is 5.66. The van der Waals surface area contributed by atoms with Crippen LogP contribution >= 0.6 is 0 Å². The fourth-order valence-corrected chi connectivity index (χ4v) is 3.90. The summed E-state index contributed by atoms with van der Waals surface area (Å²) in [4.78, 5) is 13.8. The van der Waals surface area contributed by atoms with Crippen molar-refractivity contribution in [1.82, 2.24) is 4.90 Å². The van der Waals surface area contributed by atoms with Crippen LogP contribution in [0, 0.1) is 0 Å². The Balaban J connectivity index is 0. The van der Waals surface area contributed by atoms with Gasteiger partial charge in [-0.25, -0.2) is 0 Å². The van der Waals surface area contributed by atoms with E-state index < -0.39 is 5.97 Å². The number of carbonyl (C=O) groups is 1. The van der Waals surface area contributed by atoms with Crippen LogP contribution in [0.4, 0.5) is 0 Å². The van der Waals surface area contributed by atoms with E-state index in [0.29, 0.717) is 0 Å². The molecular weight excluding hydrogens is 373 g/mol. The Labute approximate surface area is 219 Å². The van der Waals surface area contributed by atoms with Gasteiger partial charge in [0.05, 0.1) is 0 Å². The average Bonchev–Trinajstić information content (AvgIpc) is 2.64. The molecule has 0 aromatic heterocycles. The van der Waals surface area contributed by atoms with E-state index in [1.165, 1.54) is 89.9 Å². The Hall–Kier alpha value is 1.07. The quantitative estimate of drug-likeness (QED) is 0.211. The zero-order chi connectivity index (χ0) is 20.2. The molecule has 0 amide bonds. The summed E-state index contributed by atoms with van der Waals surface area (Å²) in [6, 6.07) is 0.174. The summed E-state index contributed by atoms with van der Waals surface area (Å²) >= 11 is 0. The molecule has 0 saturated heterocycles. The van der Waals surface area contributed by atoms with Crippen molar-refractivity contribution in [3.8, 4) is 0 Å². The second-order valence-electron chi connectivity index (χ2n) is 8.30. The molecule has 0 fully saturated rings. The van der Waals surface area contributed by atoms with Gasteiger partial charge in [-0.1, -0.05) is 104 Å². The number of unbranched alkanes of at least 4 members (excludes halogenated alkanes) is 12. The molecule has 0 aliphatic rings. The predicted octanol–water partition coefficient (Wildman–Crippen LogP) is 3.10. The zero-order valence-corrected chi connectivity index (χ0v) is 22.9. The molecule has 4 heteroatoms. The average molecular weight is 422 g/mol. The van der Waals surface area contributed by atoms with Gasteiger partial charge in [0.15, 0.2) is 0 Å². The van der Waals surface area contributed by atoms with Crippen molar-refractivity contribution in [1.29, 1.82) is 0 Å². The molecule has 0 bridgehead atoms. The molecule has 0 aromatic rings. The van der Waals surface area contributed by atoms with E-state index in [0.717, 1.165) is 25.9 Å². The van der Waals surface area contributed by atoms with Gasteiger partial charge < -0.3 is 14.8 Å². The minimum absolute atomic E-state index is 0. The molecule has 0 saturated carbocycles. The summed E-state index contributed by atoms with van der Waals surface area (Å²) in [7, 11) is 0. The number of rotatable bonds is 21. The SMILES string of the molecule is CCCCCCCCN(CCCCCCCC)C(CCCCC)CC(=O)[O-].[K+]. The summed E-state index contributed by atoms with van der Waals surface area (Å²) < 4.78 is 0. The Morgan fingerprint density at radius 3 is 1.50 bits per heavy atom. The number of carboxylic acid groups (broad SMARTS) is 1. The van der Waals surface area contributed by atoms with Crippen molar-refractivity contribution < 1.29 is 61.3 Å². The normalized spacial score (nSPS) is 12.1. The second kappa shape index (κ2) is 24.3. The minimum atomic E-state index is -0.882. The molecule has 162 valence electrons. The molecule has 28 heavy (non-hydrogen) atoms. The fraction of sp³-hybridized carbons (Fsp3) is 0.958. The Bertz CT molecular complexity index is 310. The number of nitrogens with zero attached hydrogens (tertiary/aromatic N) is 1. The van der Waals surface area contributed by atoms with Crippen LogP contribution in [-0.2, 0) is 4.79 Å². The van der Waals surface area contributed by atoms with E-state index in [-0.39, 0.29) is 63.8 Å². The molecule has 3 nitrogen and oxygen atoms in total. The molecule has 1 atom stereocenters. The molecule has 0 spiro atoms. The number of hydrogen-bond acceptors (Lipinski definition) is 3. The first kappa shape index (κ1) is 31.3. The first-order chi connectivity index (χ1) is 13.2. The van der Waals surface area contributed by atoms with Gasteiger partial charge in [-0.15, -0.1) is 0 Å². The van der Waals surface area contributed by atoms with Crippen LogP contribution < -0.4 is 56.5 Å². The van der Waals surface area contributed by atoms with E-state index in [2.05, 4.69) is 25.7 Å². The summed E-state index contributed by atoms with van der Waals surface area (Å²) in [5.74, 6) is -0.882. The summed E-state index contributed by atoms with van der Waals surface area (Å²) in [5, 5.41) is 11.3. The maximum Gasteiger partial charge on any atom is 1.00 e. The third-order valence-electron chi connectivity index (χ3n) is 5.66. The standard InChI is InChI=1S/C24H49NO2.K/c1-4-7-10-12-14-17-20-25(21-18-15-13-11-8-5-2)23(22-24(26)27)19-16-9-6-3;/h23H,4-22H2,1-3H3,(H,26,27);/q;+1/p-1. The van der Waals surface area contributed by atoms with E-state index >= 15 is 0 Å². The van der Waals surface area contributed by atoms with Crippen molar-refractivity contribution >= 4 is 5.97 Å². The second-order valence-corrected chi connectivity index (χ2v) is 8.30. The van der Waals surface area contributed by atoms with Crippen LogP contribution in [-0.4, -0.2) is 30.0 Å². The monoisotopic (exact) mass is 421 g/mol. The molecule has 0 rings (SSSR count). The smallest absolute Gasteiger partial charge is 0.550 e. The molecule has 0 radical (unpaired) electrons. The Kier molecular flexibility index (Phi) is 27.2. The van der Waals surface area contributed by atoms with Crippen LogP contribution in [0.25, 0.3) is 0 Å². The number of carbonyl (C=O) groups excluding carboxylic acids is 1. The minimum Gasteiger partial charge on any atom is -0.550 e. The number of aliphatic carboxylic acids is 1. The van der Waals surface area contributed by atoms with Crippen LogP contribution in [0.1, 0.15) is 130 Å².